The van der Waals surface area contributed by atoms with Gasteiger partial charge >= 0.3 is 5.97 Å². The molecule has 0 heterocycles. The van der Waals surface area contributed by atoms with Crippen LogP contribution in [0, 0.1) is 0 Å². The zero-order valence-corrected chi connectivity index (χ0v) is 12.0. The summed E-state index contributed by atoms with van der Waals surface area (Å²) in [6.45, 7) is 3.71. The van der Waals surface area contributed by atoms with E-state index in [0.717, 1.165) is 20.8 Å². The van der Waals surface area contributed by atoms with Crippen LogP contribution in [0.2, 0.25) is 0 Å². The first-order chi connectivity index (χ1) is 8.54. The summed E-state index contributed by atoms with van der Waals surface area (Å²) in [5, 5.41) is 2.29. The van der Waals surface area contributed by atoms with Crippen LogP contribution in [0.1, 0.15) is 19.4 Å². The summed E-state index contributed by atoms with van der Waals surface area (Å²) in [5.74, 6) is -0.179. The van der Waals surface area contributed by atoms with Crippen molar-refractivity contribution in [3.63, 3.8) is 0 Å². The van der Waals surface area contributed by atoms with Gasteiger partial charge in [-0.15, -0.1) is 0 Å². The molecule has 0 bridgehead atoms. The van der Waals surface area contributed by atoms with E-state index in [-0.39, 0.29) is 12.1 Å². The molecule has 94 valence electrons. The lowest BCUT2D eigenvalue weighted by Crippen LogP contribution is -2.13. The van der Waals surface area contributed by atoms with Gasteiger partial charge in [0.05, 0.1) is 12.5 Å². The lowest BCUT2D eigenvalue weighted by atomic mass is 10.1. The van der Waals surface area contributed by atoms with E-state index < -0.39 is 0 Å². The summed E-state index contributed by atoms with van der Waals surface area (Å²) >= 11 is 3.44. The number of hydrogen-bond donors (Lipinski definition) is 0. The maximum absolute atomic E-state index is 11.6. The minimum Gasteiger partial charge on any atom is -0.463 e. The van der Waals surface area contributed by atoms with Crippen molar-refractivity contribution in [1.82, 2.24) is 0 Å². The Morgan fingerprint density at radius 2 is 1.83 bits per heavy atom. The lowest BCUT2D eigenvalue weighted by Gasteiger charge is -2.08. The Bertz CT molecular complexity index is 576. The molecule has 0 atom stereocenters. The standard InChI is InChI=1S/C15H15BrO2/c1-10(2)18-15(17)8-11-3-4-13-9-14(16)6-5-12(13)7-11/h3-7,9-10H,8H2,1-2H3. The van der Waals surface area contributed by atoms with Crippen molar-refractivity contribution in [2.75, 3.05) is 0 Å². The van der Waals surface area contributed by atoms with Crippen LogP contribution < -0.4 is 0 Å². The molecular formula is C15H15BrO2. The van der Waals surface area contributed by atoms with Gasteiger partial charge < -0.3 is 4.74 Å². The van der Waals surface area contributed by atoms with E-state index in [2.05, 4.69) is 22.0 Å². The molecule has 0 spiro atoms. The third-order valence-corrected chi connectivity index (χ3v) is 3.08. The third-order valence-electron chi connectivity index (χ3n) is 2.58. The average molecular weight is 307 g/mol. The van der Waals surface area contributed by atoms with E-state index in [0.29, 0.717) is 6.42 Å². The maximum atomic E-state index is 11.6. The smallest absolute Gasteiger partial charge is 0.310 e. The molecule has 2 nitrogen and oxygen atoms in total. The van der Waals surface area contributed by atoms with Gasteiger partial charge in [0.25, 0.3) is 0 Å². The zero-order chi connectivity index (χ0) is 13.1. The highest BCUT2D eigenvalue weighted by atomic mass is 79.9. The molecule has 2 aromatic rings. The van der Waals surface area contributed by atoms with Gasteiger partial charge in [0.1, 0.15) is 0 Å². The average Bonchev–Trinajstić information content (AvgIpc) is 2.28. The van der Waals surface area contributed by atoms with Crippen molar-refractivity contribution in [3.8, 4) is 0 Å². The number of carbonyl (C=O) groups excluding carboxylic acids is 1. The van der Waals surface area contributed by atoms with Crippen LogP contribution in [-0.4, -0.2) is 12.1 Å². The monoisotopic (exact) mass is 306 g/mol. The predicted octanol–water partition coefficient (Wildman–Crippen LogP) is 4.10. The minimum absolute atomic E-state index is 0.0612. The van der Waals surface area contributed by atoms with Crippen LogP contribution in [0.15, 0.2) is 40.9 Å². The molecule has 0 unspecified atom stereocenters. The topological polar surface area (TPSA) is 26.3 Å². The van der Waals surface area contributed by atoms with Crippen molar-refractivity contribution in [2.24, 2.45) is 0 Å². The fraction of sp³-hybridized carbons (Fsp3) is 0.267. The summed E-state index contributed by atoms with van der Waals surface area (Å²) in [7, 11) is 0. The van der Waals surface area contributed by atoms with E-state index in [1.54, 1.807) is 0 Å². The number of ether oxygens (including phenoxy) is 1. The predicted molar refractivity (Wildman–Crippen MR) is 76.6 cm³/mol. The largest absolute Gasteiger partial charge is 0.463 e. The molecule has 0 saturated heterocycles. The first-order valence-corrected chi connectivity index (χ1v) is 6.71. The number of esters is 1. The van der Waals surface area contributed by atoms with Crippen LogP contribution in [0.5, 0.6) is 0 Å². The summed E-state index contributed by atoms with van der Waals surface area (Å²) < 4.78 is 6.20. The maximum Gasteiger partial charge on any atom is 0.310 e. The van der Waals surface area contributed by atoms with Gasteiger partial charge in [-0.25, -0.2) is 0 Å². The molecule has 0 aliphatic heterocycles. The van der Waals surface area contributed by atoms with E-state index >= 15 is 0 Å². The van der Waals surface area contributed by atoms with Gasteiger partial charge in [-0.2, -0.15) is 0 Å². The molecule has 0 radical (unpaired) electrons. The van der Waals surface area contributed by atoms with Gasteiger partial charge in [-0.1, -0.05) is 40.2 Å². The summed E-state index contributed by atoms with van der Waals surface area (Å²) in [6, 6.07) is 12.1. The number of halogens is 1. The van der Waals surface area contributed by atoms with E-state index in [1.807, 2.05) is 44.2 Å². The normalized spacial score (nSPS) is 10.9. The number of fused-ring (bicyclic) bond motifs is 1. The first-order valence-electron chi connectivity index (χ1n) is 5.92. The van der Waals surface area contributed by atoms with Crippen molar-refractivity contribution in [2.45, 2.75) is 26.4 Å². The van der Waals surface area contributed by atoms with E-state index in [9.17, 15) is 4.79 Å². The van der Waals surface area contributed by atoms with Crippen molar-refractivity contribution in [1.29, 1.82) is 0 Å². The summed E-state index contributed by atoms with van der Waals surface area (Å²) in [4.78, 5) is 11.6. The number of hydrogen-bond acceptors (Lipinski definition) is 2. The molecule has 0 aliphatic carbocycles. The second-order valence-corrected chi connectivity index (χ2v) is 5.46. The Balaban J connectivity index is 2.20. The molecule has 0 saturated carbocycles. The summed E-state index contributed by atoms with van der Waals surface area (Å²) in [6.07, 6.45) is 0.262. The molecular weight excluding hydrogens is 292 g/mol. The van der Waals surface area contributed by atoms with E-state index in [4.69, 9.17) is 4.74 Å². The second-order valence-electron chi connectivity index (χ2n) is 4.54. The molecule has 0 fully saturated rings. The van der Waals surface area contributed by atoms with Crippen molar-refractivity contribution < 1.29 is 9.53 Å². The molecule has 2 aromatic carbocycles. The highest BCUT2D eigenvalue weighted by Gasteiger charge is 2.07. The SMILES string of the molecule is CC(C)OC(=O)Cc1ccc2cc(Br)ccc2c1. The van der Waals surface area contributed by atoms with Crippen molar-refractivity contribution >= 4 is 32.7 Å². The first kappa shape index (κ1) is 13.1. The number of benzene rings is 2. The quantitative estimate of drug-likeness (QED) is 0.798. The molecule has 0 aromatic heterocycles. The van der Waals surface area contributed by atoms with Crippen LogP contribution in [-0.2, 0) is 16.0 Å². The van der Waals surface area contributed by atoms with Gasteiger partial charge in [0, 0.05) is 4.47 Å². The molecule has 2 rings (SSSR count). The van der Waals surface area contributed by atoms with Gasteiger partial charge in [-0.05, 0) is 42.3 Å². The minimum atomic E-state index is -0.179. The molecule has 0 amide bonds. The van der Waals surface area contributed by atoms with Crippen LogP contribution in [0.4, 0.5) is 0 Å². The molecule has 0 N–H and O–H groups in total. The van der Waals surface area contributed by atoms with Crippen LogP contribution in [0.25, 0.3) is 10.8 Å². The molecule has 18 heavy (non-hydrogen) atoms. The Kier molecular flexibility index (Phi) is 4.02. The Hall–Kier alpha value is -1.35. The van der Waals surface area contributed by atoms with Crippen LogP contribution in [0.3, 0.4) is 0 Å². The Morgan fingerprint density at radius 3 is 2.56 bits per heavy atom. The Morgan fingerprint density at radius 1 is 1.17 bits per heavy atom. The highest BCUT2D eigenvalue weighted by molar-refractivity contribution is 9.10. The van der Waals surface area contributed by atoms with Gasteiger partial charge in [0.2, 0.25) is 0 Å². The fourth-order valence-corrected chi connectivity index (χ4v) is 2.23. The second kappa shape index (κ2) is 5.53. The van der Waals surface area contributed by atoms with Gasteiger partial charge in [-0.3, -0.25) is 4.79 Å². The van der Waals surface area contributed by atoms with E-state index in [1.165, 1.54) is 0 Å². The molecule has 0 aliphatic rings. The number of carbonyl (C=O) groups is 1. The highest BCUT2D eigenvalue weighted by Crippen LogP contribution is 2.21. The zero-order valence-electron chi connectivity index (χ0n) is 10.4. The fourth-order valence-electron chi connectivity index (χ4n) is 1.85. The van der Waals surface area contributed by atoms with Crippen molar-refractivity contribution in [3.05, 3.63) is 46.4 Å². The molecule has 3 heteroatoms. The third kappa shape index (κ3) is 3.33. The Labute approximate surface area is 115 Å². The number of rotatable bonds is 3. The van der Waals surface area contributed by atoms with Gasteiger partial charge in [0.15, 0.2) is 0 Å². The van der Waals surface area contributed by atoms with Crippen LogP contribution >= 0.6 is 15.9 Å². The lowest BCUT2D eigenvalue weighted by molar-refractivity contribution is -0.146. The summed E-state index contributed by atoms with van der Waals surface area (Å²) in [5.41, 5.74) is 0.982.